The number of aromatic nitrogens is 2. The second-order valence-electron chi connectivity index (χ2n) is 15.0. The van der Waals surface area contributed by atoms with E-state index >= 15 is 0 Å². The summed E-state index contributed by atoms with van der Waals surface area (Å²) >= 11 is 0. The van der Waals surface area contributed by atoms with Crippen LogP contribution >= 0.6 is 0 Å². The highest BCUT2D eigenvalue weighted by atomic mass is 19.4. The Morgan fingerprint density at radius 3 is 2.07 bits per heavy atom. The van der Waals surface area contributed by atoms with E-state index in [-0.39, 0.29) is 18.5 Å². The zero-order chi connectivity index (χ0) is 41.6. The minimum Gasteiger partial charge on any atom is -0.481 e. The molecule has 2 atom stereocenters. The van der Waals surface area contributed by atoms with Gasteiger partial charge in [-0.15, -0.1) is 0 Å². The number of hydrogen-bond acceptors (Lipinski definition) is 9. The summed E-state index contributed by atoms with van der Waals surface area (Å²) in [4.78, 5) is 39.2. The van der Waals surface area contributed by atoms with E-state index in [0.717, 1.165) is 16.7 Å². The van der Waals surface area contributed by atoms with E-state index < -0.39 is 58.9 Å². The molecule has 2 aliphatic heterocycles. The van der Waals surface area contributed by atoms with Crippen molar-refractivity contribution in [2.75, 3.05) is 38.3 Å². The Labute approximate surface area is 325 Å². The second kappa shape index (κ2) is 15.5. The lowest BCUT2D eigenvalue weighted by Gasteiger charge is -2.29. The number of carbonyl (C=O) groups excluding carboxylic acids is 2. The summed E-state index contributed by atoms with van der Waals surface area (Å²) in [7, 11) is 1.45. The molecule has 0 unspecified atom stereocenters. The molecule has 0 radical (unpaired) electrons. The van der Waals surface area contributed by atoms with Gasteiger partial charge in [-0.1, -0.05) is 0 Å². The molecule has 0 bridgehead atoms. The summed E-state index contributed by atoms with van der Waals surface area (Å²) in [6, 6.07) is 9.09. The Bertz CT molecular complexity index is 2120. The standard InChI is InChI=1S/C41H42F6N4O6/c1-22-14-26(37(52)57-39(4,5)6)15-23(2)34(22)27-18-31(36(54-7)48-20-27)30-8-9-33(50-10-12-55-13-11-50)49-32(30)21-51-24(3)35(56-38(51)53)25-16-28(40(42,43)44)19-29(17-25)41(45,46)47/h8-9,14-20,24,35H,10-13,21H2,1-7H3/t24-,35-/m0/s1. The summed E-state index contributed by atoms with van der Waals surface area (Å²) in [6.45, 7) is 12.3. The number of amides is 1. The number of cyclic esters (lactones) is 1. The van der Waals surface area contributed by atoms with Gasteiger partial charge in [-0.25, -0.2) is 19.6 Å². The highest BCUT2D eigenvalue weighted by molar-refractivity contribution is 5.92. The number of carbonyl (C=O) groups is 2. The number of pyridine rings is 2. The van der Waals surface area contributed by atoms with Crippen LogP contribution in [-0.2, 0) is 33.1 Å². The first-order valence-corrected chi connectivity index (χ1v) is 18.1. The highest BCUT2D eigenvalue weighted by Gasteiger charge is 2.44. The first-order valence-electron chi connectivity index (χ1n) is 18.1. The number of halogens is 6. The Morgan fingerprint density at radius 1 is 0.895 bits per heavy atom. The van der Waals surface area contributed by atoms with E-state index in [1.54, 1.807) is 51.2 Å². The van der Waals surface area contributed by atoms with Crippen molar-refractivity contribution in [1.29, 1.82) is 0 Å². The van der Waals surface area contributed by atoms with Crippen LogP contribution < -0.4 is 9.64 Å². The molecular formula is C41H42F6N4O6. The molecule has 2 aliphatic rings. The fourth-order valence-electron chi connectivity index (χ4n) is 7.11. The molecule has 57 heavy (non-hydrogen) atoms. The third-order valence-corrected chi connectivity index (χ3v) is 9.74. The topological polar surface area (TPSA) is 103 Å². The Kier molecular flexibility index (Phi) is 11.2. The molecule has 6 rings (SSSR count). The summed E-state index contributed by atoms with van der Waals surface area (Å²) in [5, 5.41) is 0. The zero-order valence-electron chi connectivity index (χ0n) is 32.4. The quantitative estimate of drug-likeness (QED) is 0.127. The summed E-state index contributed by atoms with van der Waals surface area (Å²) in [5.74, 6) is 0.324. The van der Waals surface area contributed by atoms with Crippen LogP contribution in [0, 0.1) is 13.8 Å². The number of nitrogens with zero attached hydrogens (tertiary/aromatic N) is 4. The number of esters is 1. The van der Waals surface area contributed by atoms with E-state index in [9.17, 15) is 35.9 Å². The fraction of sp³-hybridized carbons (Fsp3) is 0.415. The van der Waals surface area contributed by atoms with Crippen LogP contribution in [0.25, 0.3) is 22.3 Å². The van der Waals surface area contributed by atoms with Gasteiger partial charge in [0.25, 0.3) is 0 Å². The number of aryl methyl sites for hydroxylation is 2. The Morgan fingerprint density at radius 2 is 1.51 bits per heavy atom. The van der Waals surface area contributed by atoms with Gasteiger partial charge in [0.15, 0.2) is 0 Å². The molecule has 16 heteroatoms. The van der Waals surface area contributed by atoms with E-state index in [1.807, 2.05) is 24.8 Å². The molecule has 10 nitrogen and oxygen atoms in total. The molecule has 304 valence electrons. The van der Waals surface area contributed by atoms with Gasteiger partial charge in [-0.05, 0) is 112 Å². The molecule has 2 saturated heterocycles. The van der Waals surface area contributed by atoms with E-state index in [4.69, 9.17) is 23.9 Å². The monoisotopic (exact) mass is 800 g/mol. The van der Waals surface area contributed by atoms with Gasteiger partial charge in [-0.3, -0.25) is 4.90 Å². The normalized spacial score (nSPS) is 17.8. The number of anilines is 1. The zero-order valence-corrected chi connectivity index (χ0v) is 32.4. The van der Waals surface area contributed by atoms with Crippen LogP contribution in [0.3, 0.4) is 0 Å². The number of morpholine rings is 1. The van der Waals surface area contributed by atoms with Crippen molar-refractivity contribution in [2.24, 2.45) is 0 Å². The molecule has 0 saturated carbocycles. The van der Waals surface area contributed by atoms with Gasteiger partial charge in [0.05, 0.1) is 55.3 Å². The molecule has 1 amide bonds. The maximum absolute atomic E-state index is 13.8. The molecule has 2 aromatic heterocycles. The number of ether oxygens (including phenoxy) is 4. The van der Waals surface area contributed by atoms with Crippen LogP contribution in [0.15, 0.2) is 54.7 Å². The van der Waals surface area contributed by atoms with Crippen molar-refractivity contribution < 1.29 is 54.9 Å². The van der Waals surface area contributed by atoms with Crippen LogP contribution in [0.5, 0.6) is 5.88 Å². The minimum atomic E-state index is -5.08. The average molecular weight is 801 g/mol. The fourth-order valence-corrected chi connectivity index (χ4v) is 7.11. The summed E-state index contributed by atoms with van der Waals surface area (Å²) in [5.41, 5.74) is 0.598. The van der Waals surface area contributed by atoms with Crippen molar-refractivity contribution in [3.8, 4) is 28.1 Å². The molecule has 2 fully saturated rings. The van der Waals surface area contributed by atoms with Gasteiger partial charge < -0.3 is 23.8 Å². The lowest BCUT2D eigenvalue weighted by molar-refractivity contribution is -0.143. The van der Waals surface area contributed by atoms with Gasteiger partial charge in [0.2, 0.25) is 5.88 Å². The molecule has 0 aliphatic carbocycles. The van der Waals surface area contributed by atoms with Crippen molar-refractivity contribution in [1.82, 2.24) is 14.9 Å². The first kappa shape index (κ1) is 41.3. The summed E-state index contributed by atoms with van der Waals surface area (Å²) in [6.07, 6.45) is -10.9. The number of methoxy groups -OCH3 is 1. The lowest BCUT2D eigenvalue weighted by atomic mass is 9.92. The third-order valence-electron chi connectivity index (χ3n) is 9.74. The molecule has 0 N–H and O–H groups in total. The lowest BCUT2D eigenvalue weighted by Crippen LogP contribution is -2.37. The van der Waals surface area contributed by atoms with Crippen LogP contribution in [0.1, 0.15) is 77.7 Å². The smallest absolute Gasteiger partial charge is 0.416 e. The van der Waals surface area contributed by atoms with Crippen molar-refractivity contribution in [3.63, 3.8) is 0 Å². The first-order chi connectivity index (χ1) is 26.6. The van der Waals surface area contributed by atoms with Crippen molar-refractivity contribution in [3.05, 3.63) is 93.8 Å². The second-order valence-corrected chi connectivity index (χ2v) is 15.0. The van der Waals surface area contributed by atoms with Gasteiger partial charge >= 0.3 is 24.4 Å². The van der Waals surface area contributed by atoms with E-state index in [2.05, 4.69) is 4.98 Å². The Hall–Kier alpha value is -5.38. The molecule has 4 heterocycles. The maximum Gasteiger partial charge on any atom is 0.416 e. The largest absolute Gasteiger partial charge is 0.481 e. The van der Waals surface area contributed by atoms with Crippen LogP contribution in [-0.4, -0.2) is 72.0 Å². The number of hydrogen-bond donors (Lipinski definition) is 0. The predicted octanol–water partition coefficient (Wildman–Crippen LogP) is 9.35. The predicted molar refractivity (Wildman–Crippen MR) is 198 cm³/mol. The van der Waals surface area contributed by atoms with E-state index in [0.29, 0.717) is 72.2 Å². The maximum atomic E-state index is 13.8. The third kappa shape index (κ3) is 8.95. The van der Waals surface area contributed by atoms with E-state index in [1.165, 1.54) is 18.9 Å². The number of rotatable bonds is 8. The van der Waals surface area contributed by atoms with Gasteiger partial charge in [0, 0.05) is 36.0 Å². The number of alkyl halides is 6. The SMILES string of the molecule is COc1ncc(-c2c(C)cc(C(=O)OC(C)(C)C)cc2C)cc1-c1ccc(N2CCOCC2)nc1CN1C(=O)O[C@H](c2cc(C(F)(F)F)cc(C(F)(F)F)c2)[C@@H]1C. The van der Waals surface area contributed by atoms with Crippen LogP contribution in [0.2, 0.25) is 0 Å². The summed E-state index contributed by atoms with van der Waals surface area (Å²) < 4.78 is 105. The van der Waals surface area contributed by atoms with Gasteiger partial charge in [-0.2, -0.15) is 26.3 Å². The Balaban J connectivity index is 1.42. The average Bonchev–Trinajstić information content (AvgIpc) is 3.41. The minimum absolute atomic E-state index is 0.0317. The van der Waals surface area contributed by atoms with Crippen molar-refractivity contribution >= 4 is 17.9 Å². The molecule has 0 spiro atoms. The molecular weight excluding hydrogens is 758 g/mol. The van der Waals surface area contributed by atoms with Gasteiger partial charge in [0.1, 0.15) is 17.5 Å². The van der Waals surface area contributed by atoms with Crippen molar-refractivity contribution in [2.45, 2.75) is 78.2 Å². The molecule has 4 aromatic rings. The molecule has 2 aromatic carbocycles. The highest BCUT2D eigenvalue weighted by Crippen LogP contribution is 2.43. The van der Waals surface area contributed by atoms with Crippen LogP contribution in [0.4, 0.5) is 37.0 Å². The number of benzene rings is 2.